The molecular weight excluding hydrogens is 384 g/mol. The molecule has 0 bridgehead atoms. The Balaban J connectivity index is 2.28. The average Bonchev–Trinajstić information content (AvgIpc) is 2.61. The van der Waals surface area contributed by atoms with Crippen molar-refractivity contribution in [1.82, 2.24) is 5.32 Å². The van der Waals surface area contributed by atoms with Gasteiger partial charge in [0.05, 0.1) is 18.0 Å². The minimum atomic E-state index is -3.62. The van der Waals surface area contributed by atoms with E-state index < -0.39 is 10.0 Å². The Kier molecular flexibility index (Phi) is 7.11. The highest BCUT2D eigenvalue weighted by Crippen LogP contribution is 2.29. The van der Waals surface area contributed by atoms with E-state index in [1.54, 1.807) is 12.1 Å². The summed E-state index contributed by atoms with van der Waals surface area (Å²) < 4.78 is 26.2. The number of anilines is 1. The first-order valence-corrected chi connectivity index (χ1v) is 11.7. The Hall–Kier alpha value is -2.34. The standard InChI is InChI=1S/C23H32N2O3S/c1-15(2)20-10-8-9-11-22(20)25(29(7,27)28)14-23(26)24-19(6)21-13-17(4)16(3)12-18(21)5/h8-13,15,19H,14H2,1-7H3,(H,24,26)/t19-/m1/s1. The molecule has 0 radical (unpaired) electrons. The van der Waals surface area contributed by atoms with Crippen LogP contribution in [0.3, 0.4) is 0 Å². The maximum atomic E-state index is 12.8. The quantitative estimate of drug-likeness (QED) is 0.728. The fourth-order valence-corrected chi connectivity index (χ4v) is 4.40. The Morgan fingerprint density at radius 3 is 2.14 bits per heavy atom. The van der Waals surface area contributed by atoms with Gasteiger partial charge in [-0.25, -0.2) is 8.42 Å². The van der Waals surface area contributed by atoms with E-state index in [1.807, 2.05) is 46.8 Å². The third-order valence-electron chi connectivity index (χ3n) is 5.24. The highest BCUT2D eigenvalue weighted by molar-refractivity contribution is 7.92. The predicted octanol–water partition coefficient (Wildman–Crippen LogP) is 4.38. The summed E-state index contributed by atoms with van der Waals surface area (Å²) in [5, 5.41) is 2.96. The van der Waals surface area contributed by atoms with Crippen molar-refractivity contribution in [2.45, 2.75) is 53.5 Å². The summed E-state index contributed by atoms with van der Waals surface area (Å²) >= 11 is 0. The average molecular weight is 417 g/mol. The topological polar surface area (TPSA) is 66.5 Å². The van der Waals surface area contributed by atoms with Gasteiger partial charge in [-0.05, 0) is 67.5 Å². The molecule has 0 fully saturated rings. The van der Waals surface area contributed by atoms with Gasteiger partial charge >= 0.3 is 0 Å². The summed E-state index contributed by atoms with van der Waals surface area (Å²) in [6.07, 6.45) is 1.13. The van der Waals surface area contributed by atoms with Gasteiger partial charge in [-0.1, -0.05) is 44.2 Å². The largest absolute Gasteiger partial charge is 0.348 e. The van der Waals surface area contributed by atoms with Crippen molar-refractivity contribution >= 4 is 21.6 Å². The van der Waals surface area contributed by atoms with Crippen molar-refractivity contribution in [2.24, 2.45) is 0 Å². The number of sulfonamides is 1. The third kappa shape index (κ3) is 5.60. The van der Waals surface area contributed by atoms with Crippen LogP contribution < -0.4 is 9.62 Å². The van der Waals surface area contributed by atoms with Crippen LogP contribution in [-0.2, 0) is 14.8 Å². The molecule has 1 N–H and O–H groups in total. The number of benzene rings is 2. The van der Waals surface area contributed by atoms with Crippen LogP contribution in [0.5, 0.6) is 0 Å². The van der Waals surface area contributed by atoms with E-state index in [4.69, 9.17) is 0 Å². The van der Waals surface area contributed by atoms with E-state index in [2.05, 4.69) is 24.4 Å². The Morgan fingerprint density at radius 2 is 1.55 bits per heavy atom. The van der Waals surface area contributed by atoms with Crippen molar-refractivity contribution in [2.75, 3.05) is 17.1 Å². The van der Waals surface area contributed by atoms with Gasteiger partial charge in [-0.2, -0.15) is 0 Å². The van der Waals surface area contributed by atoms with Crippen LogP contribution in [0.2, 0.25) is 0 Å². The number of hydrogen-bond donors (Lipinski definition) is 1. The zero-order chi connectivity index (χ0) is 21.9. The Morgan fingerprint density at radius 1 is 0.966 bits per heavy atom. The minimum Gasteiger partial charge on any atom is -0.348 e. The van der Waals surface area contributed by atoms with E-state index >= 15 is 0 Å². The number of carbonyl (C=O) groups excluding carboxylic acids is 1. The minimum absolute atomic E-state index is 0.135. The highest BCUT2D eigenvalue weighted by Gasteiger charge is 2.25. The first-order chi connectivity index (χ1) is 13.4. The molecule has 6 heteroatoms. The molecule has 0 saturated carbocycles. The molecule has 5 nitrogen and oxygen atoms in total. The number of carbonyl (C=O) groups is 1. The summed E-state index contributed by atoms with van der Waals surface area (Å²) in [6, 6.07) is 11.3. The van der Waals surface area contributed by atoms with Gasteiger partial charge in [0.1, 0.15) is 6.54 Å². The molecule has 0 aliphatic carbocycles. The highest BCUT2D eigenvalue weighted by atomic mass is 32.2. The van der Waals surface area contributed by atoms with Gasteiger partial charge < -0.3 is 5.32 Å². The Bertz CT molecular complexity index is 997. The monoisotopic (exact) mass is 416 g/mol. The maximum absolute atomic E-state index is 12.8. The Labute approximate surface area is 175 Å². The van der Waals surface area contributed by atoms with Crippen molar-refractivity contribution in [3.8, 4) is 0 Å². The van der Waals surface area contributed by atoms with Gasteiger partial charge in [0.2, 0.25) is 15.9 Å². The molecule has 158 valence electrons. The normalized spacial score (nSPS) is 12.7. The van der Waals surface area contributed by atoms with Crippen molar-refractivity contribution in [3.05, 3.63) is 64.2 Å². The predicted molar refractivity (Wildman–Crippen MR) is 120 cm³/mol. The van der Waals surface area contributed by atoms with Gasteiger partial charge in [-0.3, -0.25) is 9.10 Å². The number of aryl methyl sites for hydroxylation is 3. The van der Waals surface area contributed by atoms with Crippen LogP contribution in [0.1, 0.15) is 60.5 Å². The fourth-order valence-electron chi connectivity index (χ4n) is 3.53. The summed E-state index contributed by atoms with van der Waals surface area (Å²) in [6.45, 7) is 11.8. The smallest absolute Gasteiger partial charge is 0.241 e. The molecule has 2 rings (SSSR count). The zero-order valence-corrected chi connectivity index (χ0v) is 19.2. The van der Waals surface area contributed by atoms with Crippen molar-refractivity contribution in [3.63, 3.8) is 0 Å². The summed E-state index contributed by atoms with van der Waals surface area (Å²) in [5.41, 5.74) is 5.95. The van der Waals surface area contributed by atoms with Crippen molar-refractivity contribution in [1.29, 1.82) is 0 Å². The first kappa shape index (κ1) is 22.9. The molecule has 29 heavy (non-hydrogen) atoms. The fraction of sp³-hybridized carbons (Fsp3) is 0.435. The molecule has 2 aromatic carbocycles. The van der Waals surface area contributed by atoms with Gasteiger partial charge in [0, 0.05) is 0 Å². The molecule has 0 aromatic heterocycles. The molecule has 0 unspecified atom stereocenters. The second-order valence-electron chi connectivity index (χ2n) is 8.07. The van der Waals surface area contributed by atoms with Crippen LogP contribution in [0.25, 0.3) is 0 Å². The number of rotatable bonds is 7. The van der Waals surface area contributed by atoms with Crippen LogP contribution in [0.15, 0.2) is 36.4 Å². The molecule has 1 atom stereocenters. The molecule has 2 aromatic rings. The van der Waals surface area contributed by atoms with Crippen LogP contribution in [0.4, 0.5) is 5.69 Å². The number of hydrogen-bond acceptors (Lipinski definition) is 3. The second-order valence-corrected chi connectivity index (χ2v) is 9.97. The lowest BCUT2D eigenvalue weighted by Gasteiger charge is -2.26. The van der Waals surface area contributed by atoms with Gasteiger partial charge in [0.25, 0.3) is 0 Å². The molecule has 0 aliphatic heterocycles. The lowest BCUT2D eigenvalue weighted by molar-refractivity contribution is -0.120. The first-order valence-electron chi connectivity index (χ1n) is 9.85. The number of amides is 1. The van der Waals surface area contributed by atoms with Crippen LogP contribution in [0, 0.1) is 20.8 Å². The van der Waals surface area contributed by atoms with E-state index in [0.717, 1.165) is 28.5 Å². The summed E-state index contributed by atoms with van der Waals surface area (Å²) in [7, 11) is -3.62. The van der Waals surface area contributed by atoms with E-state index in [-0.39, 0.29) is 24.4 Å². The molecule has 0 spiro atoms. The lowest BCUT2D eigenvalue weighted by atomic mass is 9.96. The SMILES string of the molecule is Cc1cc(C)c([C@@H](C)NC(=O)CN(c2ccccc2C(C)C)S(C)(=O)=O)cc1C. The van der Waals surface area contributed by atoms with E-state index in [0.29, 0.717) is 5.69 Å². The number of nitrogens with one attached hydrogen (secondary N) is 1. The molecule has 1 amide bonds. The van der Waals surface area contributed by atoms with Crippen molar-refractivity contribution < 1.29 is 13.2 Å². The van der Waals surface area contributed by atoms with Gasteiger partial charge in [0.15, 0.2) is 0 Å². The number of para-hydroxylation sites is 1. The van der Waals surface area contributed by atoms with Gasteiger partial charge in [-0.15, -0.1) is 0 Å². The lowest BCUT2D eigenvalue weighted by Crippen LogP contribution is -2.41. The van der Waals surface area contributed by atoms with Crippen LogP contribution >= 0.6 is 0 Å². The maximum Gasteiger partial charge on any atom is 0.241 e. The number of nitrogens with zero attached hydrogens (tertiary/aromatic N) is 1. The molecule has 0 heterocycles. The summed E-state index contributed by atoms with van der Waals surface area (Å²) in [4.78, 5) is 12.8. The summed E-state index contributed by atoms with van der Waals surface area (Å²) in [5.74, 6) is -0.199. The van der Waals surface area contributed by atoms with Crippen LogP contribution in [-0.4, -0.2) is 27.1 Å². The molecular formula is C23H32N2O3S. The second kappa shape index (κ2) is 8.99. The zero-order valence-electron chi connectivity index (χ0n) is 18.4. The third-order valence-corrected chi connectivity index (χ3v) is 6.37. The van der Waals surface area contributed by atoms with E-state index in [1.165, 1.54) is 9.87 Å². The molecule has 0 saturated heterocycles. The van der Waals surface area contributed by atoms with E-state index in [9.17, 15) is 13.2 Å². The molecule has 0 aliphatic rings.